The summed E-state index contributed by atoms with van der Waals surface area (Å²) in [5, 5.41) is 6.90. The smallest absolute Gasteiger partial charge is 0.191 e. The minimum absolute atomic E-state index is 0. The van der Waals surface area contributed by atoms with Gasteiger partial charge in [-0.25, -0.2) is 0 Å². The van der Waals surface area contributed by atoms with Gasteiger partial charge in [-0.2, -0.15) is 0 Å². The maximum absolute atomic E-state index is 5.33. The van der Waals surface area contributed by atoms with E-state index >= 15 is 0 Å². The zero-order valence-electron chi connectivity index (χ0n) is 18.2. The van der Waals surface area contributed by atoms with E-state index in [1.165, 1.54) is 24.8 Å². The minimum atomic E-state index is 0. The summed E-state index contributed by atoms with van der Waals surface area (Å²) in [6, 6.07) is 14.8. The number of hydrogen-bond acceptors (Lipinski definition) is 4. The van der Waals surface area contributed by atoms with Gasteiger partial charge >= 0.3 is 0 Å². The molecule has 0 radical (unpaired) electrons. The number of rotatable bonds is 7. The molecule has 7 heteroatoms. The molecule has 2 aromatic rings. The third-order valence-electron chi connectivity index (χ3n) is 5.40. The molecule has 1 atom stereocenters. The molecule has 164 valence electrons. The number of likely N-dealkylation sites (tertiary alicyclic amines) is 1. The van der Waals surface area contributed by atoms with Gasteiger partial charge in [0.05, 0.1) is 25.4 Å². The Bertz CT molecular complexity index is 790. The molecule has 3 rings (SSSR count). The van der Waals surface area contributed by atoms with Crippen molar-refractivity contribution in [3.8, 4) is 5.75 Å². The van der Waals surface area contributed by atoms with Crippen LogP contribution < -0.4 is 15.4 Å². The summed E-state index contributed by atoms with van der Waals surface area (Å²) >= 11 is 0. The maximum Gasteiger partial charge on any atom is 0.191 e. The second-order valence-corrected chi connectivity index (χ2v) is 7.46. The molecule has 1 aliphatic heterocycles. The summed E-state index contributed by atoms with van der Waals surface area (Å²) < 4.78 is 5.33. The Morgan fingerprint density at radius 1 is 1.10 bits per heavy atom. The summed E-state index contributed by atoms with van der Waals surface area (Å²) in [5.74, 6) is 1.69. The van der Waals surface area contributed by atoms with E-state index in [0.29, 0.717) is 12.6 Å². The van der Waals surface area contributed by atoms with Gasteiger partial charge in [-0.15, -0.1) is 24.0 Å². The first-order valence-electron chi connectivity index (χ1n) is 10.4. The number of nitrogens with zero attached hydrogens (tertiary/aromatic N) is 3. The third-order valence-corrected chi connectivity index (χ3v) is 5.40. The number of nitrogens with one attached hydrogen (secondary N) is 2. The molecule has 0 amide bonds. The van der Waals surface area contributed by atoms with Crippen LogP contribution in [0.4, 0.5) is 0 Å². The highest BCUT2D eigenvalue weighted by atomic mass is 127. The molecule has 0 bridgehead atoms. The largest absolute Gasteiger partial charge is 0.497 e. The number of guanidine groups is 1. The van der Waals surface area contributed by atoms with Crippen LogP contribution in [0.3, 0.4) is 0 Å². The van der Waals surface area contributed by atoms with Gasteiger partial charge in [-0.05, 0) is 62.7 Å². The molecule has 1 aliphatic rings. The Balaban J connectivity index is 0.00000320. The van der Waals surface area contributed by atoms with Crippen molar-refractivity contribution < 1.29 is 4.74 Å². The number of benzene rings is 1. The first-order chi connectivity index (χ1) is 14.2. The van der Waals surface area contributed by atoms with E-state index < -0.39 is 0 Å². The fourth-order valence-electron chi connectivity index (χ4n) is 3.80. The number of aliphatic imine (C=N–C) groups is 1. The lowest BCUT2D eigenvalue weighted by atomic mass is 10.0. The van der Waals surface area contributed by atoms with Gasteiger partial charge in [0.1, 0.15) is 5.75 Å². The van der Waals surface area contributed by atoms with E-state index in [-0.39, 0.29) is 24.0 Å². The highest BCUT2D eigenvalue weighted by Crippen LogP contribution is 2.25. The van der Waals surface area contributed by atoms with Crippen LogP contribution in [-0.2, 0) is 6.54 Å². The molecule has 6 nitrogen and oxygen atoms in total. The molecule has 30 heavy (non-hydrogen) atoms. The second kappa shape index (κ2) is 12.7. The van der Waals surface area contributed by atoms with Gasteiger partial charge in [-0.3, -0.25) is 14.9 Å². The molecular formula is C23H34IN5O. The fraction of sp³-hybridized carbons (Fsp3) is 0.478. The number of halogens is 1. The lowest BCUT2D eigenvalue weighted by Crippen LogP contribution is -2.44. The normalized spacial score (nSPS) is 15.8. The van der Waals surface area contributed by atoms with Crippen LogP contribution in [0.15, 0.2) is 47.5 Å². The van der Waals surface area contributed by atoms with Crippen LogP contribution in [0.1, 0.15) is 42.3 Å². The molecule has 0 saturated carbocycles. The van der Waals surface area contributed by atoms with Gasteiger partial charge < -0.3 is 15.4 Å². The van der Waals surface area contributed by atoms with Gasteiger partial charge in [0.2, 0.25) is 0 Å². The van der Waals surface area contributed by atoms with Crippen LogP contribution in [0.25, 0.3) is 0 Å². The van der Waals surface area contributed by atoms with Crippen LogP contribution in [0.2, 0.25) is 0 Å². The number of hydrogen-bond donors (Lipinski definition) is 2. The predicted molar refractivity (Wildman–Crippen MR) is 134 cm³/mol. The Kier molecular flexibility index (Phi) is 10.4. The molecule has 1 aromatic heterocycles. The Morgan fingerprint density at radius 3 is 2.47 bits per heavy atom. The summed E-state index contributed by atoms with van der Waals surface area (Å²) in [4.78, 5) is 11.5. The van der Waals surface area contributed by atoms with Crippen molar-refractivity contribution in [3.05, 3.63) is 59.4 Å². The monoisotopic (exact) mass is 523 g/mol. The van der Waals surface area contributed by atoms with E-state index in [1.807, 2.05) is 44.3 Å². The number of piperidine rings is 1. The fourth-order valence-corrected chi connectivity index (χ4v) is 3.80. The summed E-state index contributed by atoms with van der Waals surface area (Å²) in [7, 11) is 3.51. The second-order valence-electron chi connectivity index (χ2n) is 7.46. The zero-order valence-corrected chi connectivity index (χ0v) is 20.6. The van der Waals surface area contributed by atoms with Crippen LogP contribution in [-0.4, -0.2) is 49.6 Å². The number of ether oxygens (including phenoxy) is 1. The molecule has 1 aromatic carbocycles. The molecular weight excluding hydrogens is 489 g/mol. The lowest BCUT2D eigenvalue weighted by molar-refractivity contribution is 0.164. The number of aryl methyl sites for hydroxylation is 1. The molecule has 0 aliphatic carbocycles. The summed E-state index contributed by atoms with van der Waals surface area (Å²) in [5.41, 5.74) is 3.34. The highest BCUT2D eigenvalue weighted by Gasteiger charge is 2.22. The standard InChI is InChI=1S/C23H33N5O.HI/c1-18-8-7-9-20(27-18)16-25-23(24-2)26-17-22(28-14-5-4-6-15-28)19-10-12-21(29-3)13-11-19;/h7-13,22H,4-6,14-17H2,1-3H3,(H2,24,25,26);1H. The van der Waals surface area contributed by atoms with Gasteiger partial charge in [-0.1, -0.05) is 24.6 Å². The average molecular weight is 523 g/mol. The third kappa shape index (κ3) is 7.12. The topological polar surface area (TPSA) is 61.8 Å². The SMILES string of the molecule is CN=C(NCc1cccc(C)n1)NCC(c1ccc(OC)cc1)N1CCCCC1.I. The molecule has 0 spiro atoms. The maximum atomic E-state index is 5.33. The van der Waals surface area contributed by atoms with Crippen LogP contribution in [0.5, 0.6) is 5.75 Å². The van der Waals surface area contributed by atoms with Gasteiger partial charge in [0, 0.05) is 19.3 Å². The van der Waals surface area contributed by atoms with Crippen molar-refractivity contribution in [1.82, 2.24) is 20.5 Å². The highest BCUT2D eigenvalue weighted by molar-refractivity contribution is 14.0. The summed E-state index contributed by atoms with van der Waals surface area (Å²) in [6.45, 7) is 5.73. The van der Waals surface area contributed by atoms with Gasteiger partial charge in [0.15, 0.2) is 5.96 Å². The Labute approximate surface area is 197 Å². The Morgan fingerprint density at radius 2 is 1.83 bits per heavy atom. The van der Waals surface area contributed by atoms with Crippen molar-refractivity contribution >= 4 is 29.9 Å². The minimum Gasteiger partial charge on any atom is -0.497 e. The van der Waals surface area contributed by atoms with Crippen LogP contribution in [0, 0.1) is 6.92 Å². The van der Waals surface area contributed by atoms with Crippen molar-refractivity contribution in [3.63, 3.8) is 0 Å². The average Bonchev–Trinajstić information content (AvgIpc) is 2.77. The zero-order chi connectivity index (χ0) is 20.5. The van der Waals surface area contributed by atoms with E-state index in [1.54, 1.807) is 7.11 Å². The predicted octanol–water partition coefficient (Wildman–Crippen LogP) is 3.91. The number of methoxy groups -OCH3 is 1. The summed E-state index contributed by atoms with van der Waals surface area (Å²) in [6.07, 6.45) is 3.85. The van der Waals surface area contributed by atoms with E-state index in [4.69, 9.17) is 4.74 Å². The van der Waals surface area contributed by atoms with E-state index in [0.717, 1.165) is 42.7 Å². The van der Waals surface area contributed by atoms with E-state index in [2.05, 4.69) is 37.6 Å². The van der Waals surface area contributed by atoms with E-state index in [9.17, 15) is 0 Å². The van der Waals surface area contributed by atoms with Crippen molar-refractivity contribution in [2.45, 2.75) is 38.8 Å². The van der Waals surface area contributed by atoms with Gasteiger partial charge in [0.25, 0.3) is 0 Å². The molecule has 2 heterocycles. The first kappa shape index (κ1) is 24.4. The van der Waals surface area contributed by atoms with Crippen molar-refractivity contribution in [1.29, 1.82) is 0 Å². The molecule has 1 unspecified atom stereocenters. The quantitative estimate of drug-likeness (QED) is 0.328. The molecule has 2 N–H and O–H groups in total. The Hall–Kier alpha value is -1.87. The first-order valence-corrected chi connectivity index (χ1v) is 10.4. The molecule has 1 saturated heterocycles. The molecule has 1 fully saturated rings. The lowest BCUT2D eigenvalue weighted by Gasteiger charge is -2.35. The van der Waals surface area contributed by atoms with Crippen LogP contribution >= 0.6 is 24.0 Å². The number of pyridine rings is 1. The van der Waals surface area contributed by atoms with Crippen molar-refractivity contribution in [2.24, 2.45) is 4.99 Å². The van der Waals surface area contributed by atoms with Crippen molar-refractivity contribution in [2.75, 3.05) is 33.8 Å². The number of aromatic nitrogens is 1.